The molecule has 33 heavy (non-hydrogen) atoms. The van der Waals surface area contributed by atoms with E-state index in [4.69, 9.17) is 15.6 Å². The molecule has 2 N–H and O–H groups in total. The molecule has 0 radical (unpaired) electrons. The van der Waals surface area contributed by atoms with E-state index in [9.17, 15) is 8.42 Å². The lowest BCUT2D eigenvalue weighted by Crippen LogP contribution is -2.24. The zero-order chi connectivity index (χ0) is 24.0. The van der Waals surface area contributed by atoms with E-state index in [1.165, 1.54) is 6.19 Å². The van der Waals surface area contributed by atoms with Gasteiger partial charge in [-0.25, -0.2) is 17.4 Å². The monoisotopic (exact) mass is 490 g/mol. The van der Waals surface area contributed by atoms with E-state index in [0.29, 0.717) is 24.6 Å². The molecule has 4 heterocycles. The van der Waals surface area contributed by atoms with Crippen molar-refractivity contribution in [2.24, 2.45) is 8.73 Å². The molecule has 2 atom stereocenters. The Hall–Kier alpha value is -2.94. The van der Waals surface area contributed by atoms with Crippen molar-refractivity contribution >= 4 is 19.8 Å². The van der Waals surface area contributed by atoms with Crippen LogP contribution in [-0.4, -0.2) is 52.4 Å². The van der Waals surface area contributed by atoms with E-state index in [1.807, 2.05) is 18.2 Å². The van der Waals surface area contributed by atoms with Gasteiger partial charge in [-0.2, -0.15) is 10.5 Å². The third kappa shape index (κ3) is 8.84. The Balaban J connectivity index is 0.000000192. The molecule has 2 aromatic rings. The molecular formula is C20H26N8O3S2. The molecule has 0 spiro atoms. The van der Waals surface area contributed by atoms with Crippen molar-refractivity contribution in [2.45, 2.75) is 26.0 Å². The van der Waals surface area contributed by atoms with Crippen molar-refractivity contribution in [1.29, 1.82) is 10.5 Å². The normalized spacial score (nSPS) is 23.6. The zero-order valence-corrected chi connectivity index (χ0v) is 19.6. The van der Waals surface area contributed by atoms with Gasteiger partial charge >= 0.3 is 0 Å². The summed E-state index contributed by atoms with van der Waals surface area (Å²) in [6.45, 7) is 2.05. The van der Waals surface area contributed by atoms with Crippen molar-refractivity contribution in [3.8, 4) is 12.4 Å². The van der Waals surface area contributed by atoms with Gasteiger partial charge in [0, 0.05) is 55.9 Å². The van der Waals surface area contributed by atoms with Gasteiger partial charge < -0.3 is 5.11 Å². The maximum Gasteiger partial charge on any atom is 0.215 e. The molecule has 2 aromatic heterocycles. The molecule has 4 rings (SSSR count). The molecule has 0 bridgehead atoms. The molecule has 176 valence electrons. The molecule has 13 heteroatoms. The van der Waals surface area contributed by atoms with E-state index in [1.54, 1.807) is 41.4 Å². The minimum atomic E-state index is -2.47. The van der Waals surface area contributed by atoms with Crippen molar-refractivity contribution in [3.63, 3.8) is 0 Å². The van der Waals surface area contributed by atoms with E-state index >= 15 is 0 Å². The largest absolute Gasteiger partial charge is 0.392 e. The predicted molar refractivity (Wildman–Crippen MR) is 124 cm³/mol. The summed E-state index contributed by atoms with van der Waals surface area (Å²) in [6.07, 6.45) is 11.6. The van der Waals surface area contributed by atoms with Crippen LogP contribution in [0.3, 0.4) is 0 Å². The quantitative estimate of drug-likeness (QED) is 0.615. The van der Waals surface area contributed by atoms with Crippen LogP contribution in [0.4, 0.5) is 0 Å². The smallest absolute Gasteiger partial charge is 0.215 e. The van der Waals surface area contributed by atoms with Gasteiger partial charge in [0.05, 0.1) is 6.61 Å². The van der Waals surface area contributed by atoms with Gasteiger partial charge in [-0.05, 0) is 36.1 Å². The minimum absolute atomic E-state index is 0.0772. The Morgan fingerprint density at radius 2 is 1.70 bits per heavy atom. The number of hydrogen-bond acceptors (Lipinski definition) is 9. The third-order valence-corrected chi connectivity index (χ3v) is 8.69. The van der Waals surface area contributed by atoms with Gasteiger partial charge in [-0.15, -0.1) is 8.73 Å². The molecular weight excluding hydrogens is 464 g/mol. The molecule has 2 fully saturated rings. The van der Waals surface area contributed by atoms with Crippen LogP contribution in [0, 0.1) is 22.9 Å². The summed E-state index contributed by atoms with van der Waals surface area (Å²) in [4.78, 5) is 7.80. The van der Waals surface area contributed by atoms with Gasteiger partial charge in [0.15, 0.2) is 0 Å². The van der Waals surface area contributed by atoms with E-state index in [-0.39, 0.29) is 6.61 Å². The average molecular weight is 491 g/mol. The van der Waals surface area contributed by atoms with Crippen LogP contribution < -0.4 is 4.72 Å². The van der Waals surface area contributed by atoms with Gasteiger partial charge in [0.1, 0.15) is 19.8 Å². The van der Waals surface area contributed by atoms with Crippen molar-refractivity contribution in [3.05, 3.63) is 60.2 Å². The first kappa shape index (κ1) is 26.3. The molecule has 0 aliphatic carbocycles. The summed E-state index contributed by atoms with van der Waals surface area (Å²) >= 11 is 0. The maximum atomic E-state index is 12.2. The Morgan fingerprint density at radius 3 is 2.18 bits per heavy atom. The molecule has 0 aromatic carbocycles. The maximum absolute atomic E-state index is 12.2. The number of aliphatic hydroxyl groups is 1. The molecule has 11 nitrogen and oxygen atoms in total. The number of hydrogen-bond donors (Lipinski definition) is 2. The number of pyridine rings is 2. The fraction of sp³-hybridized carbons (Fsp3) is 0.400. The van der Waals surface area contributed by atoms with E-state index < -0.39 is 19.8 Å². The minimum Gasteiger partial charge on any atom is -0.392 e. The second kappa shape index (κ2) is 13.6. The second-order valence-corrected chi connectivity index (χ2v) is 11.4. The topological polar surface area (TPSA) is 168 Å². The Morgan fingerprint density at radius 1 is 1.03 bits per heavy atom. The molecule has 2 aliphatic rings. The third-order valence-electron chi connectivity index (χ3n) is 4.51. The first-order valence-electron chi connectivity index (χ1n) is 10.1. The average Bonchev–Trinajstić information content (AvgIpc) is 3.42. The number of rotatable bonds is 3. The lowest BCUT2D eigenvalue weighted by atomic mass is 10.3. The summed E-state index contributed by atoms with van der Waals surface area (Å²) in [7, 11) is -4.76. The summed E-state index contributed by atoms with van der Waals surface area (Å²) < 4.78 is 34.6. The summed E-state index contributed by atoms with van der Waals surface area (Å²) in [5.41, 5.74) is 1.85. The SMILES string of the molecule is N#CN=S1(=O)CCCN1.N#CN=S1(=O)CCCN1Cc1cccnc1.OCc1cccnc1. The van der Waals surface area contributed by atoms with Crippen LogP contribution in [0.5, 0.6) is 0 Å². The fourth-order valence-electron chi connectivity index (χ4n) is 2.95. The Labute approximate surface area is 194 Å². The summed E-state index contributed by atoms with van der Waals surface area (Å²) in [5, 5.41) is 25.1. The summed E-state index contributed by atoms with van der Waals surface area (Å²) in [6, 6.07) is 7.39. The van der Waals surface area contributed by atoms with Crippen LogP contribution in [-0.2, 0) is 33.0 Å². The standard InChI is InChI=1S/C10H12N4OS.C6H7NO.C4H7N3OS/c11-9-13-16(15)6-2-5-14(16)8-10-3-1-4-12-7-10;8-5-6-2-1-3-7-4-6;5-4-7-9(8)3-1-2-6-9/h1,3-4,7H,2,5-6,8H2;1-4,8H,5H2;1-3H2,(H,6,7,8). The lowest BCUT2D eigenvalue weighted by Gasteiger charge is -2.16. The van der Waals surface area contributed by atoms with Gasteiger partial charge in [0.2, 0.25) is 12.4 Å². The molecule has 0 saturated carbocycles. The van der Waals surface area contributed by atoms with Crippen LogP contribution in [0.25, 0.3) is 0 Å². The van der Waals surface area contributed by atoms with Crippen LogP contribution in [0.2, 0.25) is 0 Å². The Bertz CT molecular complexity index is 1180. The van der Waals surface area contributed by atoms with Crippen LogP contribution in [0.15, 0.2) is 57.8 Å². The van der Waals surface area contributed by atoms with Gasteiger partial charge in [-0.3, -0.25) is 9.97 Å². The molecule has 2 saturated heterocycles. The molecule has 2 unspecified atom stereocenters. The predicted octanol–water partition coefficient (Wildman–Crippen LogP) is 1.57. The van der Waals surface area contributed by atoms with Crippen LogP contribution in [0.1, 0.15) is 24.0 Å². The number of aliphatic hydroxyl groups excluding tert-OH is 1. The molecule has 2 aliphatic heterocycles. The fourth-order valence-corrected chi connectivity index (χ4v) is 6.24. The van der Waals surface area contributed by atoms with E-state index in [0.717, 1.165) is 30.5 Å². The van der Waals surface area contributed by atoms with Crippen molar-refractivity contribution < 1.29 is 13.5 Å². The van der Waals surface area contributed by atoms with Crippen molar-refractivity contribution in [2.75, 3.05) is 24.6 Å². The first-order valence-corrected chi connectivity index (χ1v) is 13.4. The number of nitrogens with one attached hydrogen (secondary N) is 1. The Kier molecular flexibility index (Phi) is 10.8. The highest BCUT2D eigenvalue weighted by atomic mass is 32.2. The highest BCUT2D eigenvalue weighted by molar-refractivity contribution is 7.92. The summed E-state index contributed by atoms with van der Waals surface area (Å²) in [5.74, 6) is 1.00. The van der Waals surface area contributed by atoms with Crippen LogP contribution >= 0.6 is 0 Å². The molecule has 0 amide bonds. The zero-order valence-electron chi connectivity index (χ0n) is 18.0. The first-order chi connectivity index (χ1) is 15.9. The number of nitriles is 2. The lowest BCUT2D eigenvalue weighted by molar-refractivity contribution is 0.281. The highest BCUT2D eigenvalue weighted by Crippen LogP contribution is 2.19. The number of nitrogens with zero attached hydrogens (tertiary/aromatic N) is 7. The highest BCUT2D eigenvalue weighted by Gasteiger charge is 2.26. The van der Waals surface area contributed by atoms with Crippen molar-refractivity contribution in [1.82, 2.24) is 19.0 Å². The van der Waals surface area contributed by atoms with Gasteiger partial charge in [0.25, 0.3) is 0 Å². The van der Waals surface area contributed by atoms with E-state index in [2.05, 4.69) is 23.4 Å². The van der Waals surface area contributed by atoms with Gasteiger partial charge in [-0.1, -0.05) is 12.1 Å². The second-order valence-electron chi connectivity index (χ2n) is 6.88. The number of aromatic nitrogens is 2.